The molecule has 0 radical (unpaired) electrons. The number of rotatable bonds is 3. The van der Waals surface area contributed by atoms with Gasteiger partial charge in [0.1, 0.15) is 0 Å². The molecule has 0 aliphatic carbocycles. The molecule has 0 aliphatic rings. The molecule has 1 rings (SSSR count). The molecule has 1 aromatic rings. The summed E-state index contributed by atoms with van der Waals surface area (Å²) in [5, 5.41) is 9.16. The third kappa shape index (κ3) is 2.19. The van der Waals surface area contributed by atoms with E-state index in [0.29, 0.717) is 11.0 Å². The van der Waals surface area contributed by atoms with Crippen LogP contribution in [-0.4, -0.2) is 10.1 Å². The van der Waals surface area contributed by atoms with E-state index in [4.69, 9.17) is 5.11 Å². The van der Waals surface area contributed by atoms with Crippen molar-refractivity contribution in [1.29, 1.82) is 0 Å². The van der Waals surface area contributed by atoms with Gasteiger partial charge in [0.15, 0.2) is 0 Å². The maximum Gasteiger partial charge on any atom is 0.269 e. The van der Waals surface area contributed by atoms with E-state index in [1.807, 2.05) is 0 Å². The molecule has 0 amide bonds. The van der Waals surface area contributed by atoms with E-state index in [-0.39, 0.29) is 5.56 Å². The van der Waals surface area contributed by atoms with Crippen molar-refractivity contribution in [2.24, 2.45) is 0 Å². The summed E-state index contributed by atoms with van der Waals surface area (Å²) in [5.74, 6) is 0. The predicted octanol–water partition coefficient (Wildman–Crippen LogP) is 1.70. The van der Waals surface area contributed by atoms with Gasteiger partial charge in [-0.2, -0.15) is 0 Å². The molecular weight excluding hydrogens is 260 g/mol. The van der Waals surface area contributed by atoms with Gasteiger partial charge in [-0.05, 0) is 11.6 Å². The van der Waals surface area contributed by atoms with Crippen LogP contribution in [0.25, 0.3) is 0 Å². The minimum Gasteiger partial charge on any atom is -0.392 e. The van der Waals surface area contributed by atoms with Crippen LogP contribution in [0.1, 0.15) is 23.2 Å². The highest BCUT2D eigenvalue weighted by atomic mass is 79.9. The van der Waals surface area contributed by atoms with E-state index in [2.05, 4.69) is 20.9 Å². The Morgan fingerprint density at radius 3 is 2.64 bits per heavy atom. The Morgan fingerprint density at radius 2 is 2.21 bits per heavy atom. The second kappa shape index (κ2) is 4.65. The fourth-order valence-electron chi connectivity index (χ4n) is 1.13. The van der Waals surface area contributed by atoms with Gasteiger partial charge < -0.3 is 10.1 Å². The lowest BCUT2D eigenvalue weighted by Crippen LogP contribution is -2.17. The van der Waals surface area contributed by atoms with E-state index in [1.54, 1.807) is 0 Å². The molecule has 0 bridgehead atoms. The van der Waals surface area contributed by atoms with Crippen molar-refractivity contribution in [2.45, 2.75) is 18.4 Å². The second-order valence-electron chi connectivity index (χ2n) is 2.66. The fraction of sp³-hybridized carbons (Fsp3) is 0.375. The molecule has 0 saturated carbocycles. The van der Waals surface area contributed by atoms with Crippen LogP contribution in [0.4, 0.5) is 8.78 Å². The van der Waals surface area contributed by atoms with Gasteiger partial charge in [-0.25, -0.2) is 8.78 Å². The highest BCUT2D eigenvalue weighted by molar-refractivity contribution is 9.08. The number of hydrogen-bond acceptors (Lipinski definition) is 2. The lowest BCUT2D eigenvalue weighted by molar-refractivity contribution is 0.145. The molecule has 0 aromatic carbocycles. The molecule has 14 heavy (non-hydrogen) atoms. The highest BCUT2D eigenvalue weighted by Gasteiger charge is 2.17. The number of hydrogen-bond donors (Lipinski definition) is 2. The molecule has 6 heteroatoms. The Labute approximate surface area is 86.9 Å². The summed E-state index contributed by atoms with van der Waals surface area (Å²) in [4.78, 5) is 13.4. The summed E-state index contributed by atoms with van der Waals surface area (Å²) in [6.45, 7) is -0.566. The van der Waals surface area contributed by atoms with Crippen LogP contribution in [0.2, 0.25) is 0 Å². The van der Waals surface area contributed by atoms with Crippen LogP contribution >= 0.6 is 15.9 Å². The van der Waals surface area contributed by atoms with Crippen molar-refractivity contribution in [3.63, 3.8) is 0 Å². The van der Waals surface area contributed by atoms with Crippen LogP contribution in [0.5, 0.6) is 0 Å². The fourth-order valence-corrected chi connectivity index (χ4v) is 1.43. The molecule has 0 spiro atoms. The quantitative estimate of drug-likeness (QED) is 0.820. The first-order chi connectivity index (χ1) is 6.60. The summed E-state index contributed by atoms with van der Waals surface area (Å²) in [6, 6.07) is 1.34. The maximum atomic E-state index is 12.4. The van der Waals surface area contributed by atoms with E-state index in [9.17, 15) is 13.6 Å². The molecule has 0 fully saturated rings. The average molecular weight is 268 g/mol. The van der Waals surface area contributed by atoms with E-state index >= 15 is 0 Å². The van der Waals surface area contributed by atoms with Gasteiger partial charge in [-0.1, -0.05) is 15.9 Å². The largest absolute Gasteiger partial charge is 0.392 e. The lowest BCUT2D eigenvalue weighted by Gasteiger charge is -2.06. The molecular formula is C8H8BrF2NO2. The number of H-pyrrole nitrogens is 1. The third-order valence-electron chi connectivity index (χ3n) is 1.75. The zero-order valence-electron chi connectivity index (χ0n) is 7.06. The smallest absolute Gasteiger partial charge is 0.269 e. The first-order valence-electron chi connectivity index (χ1n) is 3.80. The summed E-state index contributed by atoms with van der Waals surface area (Å²) in [5.41, 5.74) is -1.07. The van der Waals surface area contributed by atoms with Gasteiger partial charge >= 0.3 is 0 Å². The lowest BCUT2D eigenvalue weighted by atomic mass is 10.1. The average Bonchev–Trinajstić information content (AvgIpc) is 2.15. The first-order valence-corrected chi connectivity index (χ1v) is 4.92. The van der Waals surface area contributed by atoms with Gasteiger partial charge in [0.05, 0.1) is 12.2 Å². The summed E-state index contributed by atoms with van der Waals surface area (Å²) in [7, 11) is 0. The topological polar surface area (TPSA) is 53.1 Å². The van der Waals surface area contributed by atoms with Gasteiger partial charge in [0.2, 0.25) is 0 Å². The Balaban J connectivity index is 3.35. The summed E-state index contributed by atoms with van der Waals surface area (Å²) in [6.07, 6.45) is -2.87. The number of pyridine rings is 1. The Bertz CT molecular complexity index is 378. The molecule has 0 saturated heterocycles. The normalized spacial score (nSPS) is 10.9. The van der Waals surface area contributed by atoms with Gasteiger partial charge in [0, 0.05) is 11.0 Å². The Hall–Kier alpha value is -0.750. The molecule has 3 nitrogen and oxygen atoms in total. The van der Waals surface area contributed by atoms with E-state index < -0.39 is 24.2 Å². The van der Waals surface area contributed by atoms with E-state index in [1.165, 1.54) is 6.07 Å². The van der Waals surface area contributed by atoms with Crippen molar-refractivity contribution in [2.75, 3.05) is 0 Å². The highest BCUT2D eigenvalue weighted by Crippen LogP contribution is 2.19. The molecule has 0 aliphatic heterocycles. The number of halogens is 3. The van der Waals surface area contributed by atoms with Crippen molar-refractivity contribution < 1.29 is 13.9 Å². The van der Waals surface area contributed by atoms with Crippen LogP contribution in [0.3, 0.4) is 0 Å². The van der Waals surface area contributed by atoms with Gasteiger partial charge in [0.25, 0.3) is 12.0 Å². The van der Waals surface area contributed by atoms with Crippen LogP contribution in [0.15, 0.2) is 10.9 Å². The minimum atomic E-state index is -2.87. The Morgan fingerprint density at radius 1 is 1.57 bits per heavy atom. The maximum absolute atomic E-state index is 12.4. The molecule has 78 valence electrons. The molecule has 0 atom stereocenters. The monoisotopic (exact) mass is 267 g/mol. The first kappa shape index (κ1) is 11.3. The Kier molecular flexibility index (Phi) is 3.77. The summed E-state index contributed by atoms with van der Waals surface area (Å²) < 4.78 is 24.7. The van der Waals surface area contributed by atoms with Crippen LogP contribution in [-0.2, 0) is 11.9 Å². The molecule has 1 aromatic heterocycles. The molecule has 1 heterocycles. The number of aromatic nitrogens is 1. The second-order valence-corrected chi connectivity index (χ2v) is 3.22. The van der Waals surface area contributed by atoms with Gasteiger partial charge in [-0.3, -0.25) is 4.79 Å². The number of aliphatic hydroxyl groups is 1. The molecule has 2 N–H and O–H groups in total. The van der Waals surface area contributed by atoms with Crippen LogP contribution in [0, 0.1) is 0 Å². The minimum absolute atomic E-state index is 0.0294. The predicted molar refractivity (Wildman–Crippen MR) is 50.6 cm³/mol. The third-order valence-corrected chi connectivity index (χ3v) is 2.35. The standard InChI is InChI=1S/C8H8BrF2NO2/c9-2-5-1-4(3-13)6(7(10)11)8(14)12-5/h1,7,13H,2-3H2,(H,12,14). The van der Waals surface area contributed by atoms with E-state index in [0.717, 1.165) is 0 Å². The number of aliphatic hydroxyl groups excluding tert-OH is 1. The number of aromatic amines is 1. The van der Waals surface area contributed by atoms with Crippen molar-refractivity contribution >= 4 is 15.9 Å². The van der Waals surface area contributed by atoms with Crippen LogP contribution < -0.4 is 5.56 Å². The SMILES string of the molecule is O=c1[nH]c(CBr)cc(CO)c1C(F)F. The van der Waals surface area contributed by atoms with Gasteiger partial charge in [-0.15, -0.1) is 0 Å². The zero-order chi connectivity index (χ0) is 10.7. The zero-order valence-corrected chi connectivity index (χ0v) is 8.64. The summed E-state index contributed by atoms with van der Waals surface area (Å²) >= 11 is 3.08. The number of alkyl halides is 3. The molecule has 0 unspecified atom stereocenters. The van der Waals surface area contributed by atoms with Crippen molar-refractivity contribution in [3.8, 4) is 0 Å². The number of nitrogens with one attached hydrogen (secondary N) is 1. The van der Waals surface area contributed by atoms with Crippen molar-refractivity contribution in [1.82, 2.24) is 4.98 Å². The van der Waals surface area contributed by atoms with Crippen molar-refractivity contribution in [3.05, 3.63) is 33.2 Å².